The summed E-state index contributed by atoms with van der Waals surface area (Å²) in [6.07, 6.45) is 0.940. The Morgan fingerprint density at radius 2 is 1.62 bits per heavy atom. The second kappa shape index (κ2) is 7.09. The van der Waals surface area contributed by atoms with Gasteiger partial charge in [0.1, 0.15) is 0 Å². The Morgan fingerprint density at radius 1 is 1.12 bits per heavy atom. The molecule has 5 nitrogen and oxygen atoms in total. The van der Waals surface area contributed by atoms with E-state index in [1.807, 2.05) is 0 Å². The topological polar surface area (TPSA) is 60.9 Å². The molecule has 5 heteroatoms. The summed E-state index contributed by atoms with van der Waals surface area (Å²) >= 11 is 0. The average molecular weight is 230 g/mol. The highest BCUT2D eigenvalue weighted by molar-refractivity contribution is 5.74. The molecule has 16 heavy (non-hydrogen) atoms. The lowest BCUT2D eigenvalue weighted by Gasteiger charge is -2.25. The van der Waals surface area contributed by atoms with E-state index in [2.05, 4.69) is 13.8 Å². The van der Waals surface area contributed by atoms with E-state index < -0.39 is 5.97 Å². The monoisotopic (exact) mass is 230 g/mol. The fraction of sp³-hybridized carbons (Fsp3) is 0.818. The molecule has 0 aromatic heterocycles. The summed E-state index contributed by atoms with van der Waals surface area (Å²) in [5.41, 5.74) is 0. The molecule has 0 fully saturated rings. The Morgan fingerprint density at radius 3 is 2.06 bits per heavy atom. The van der Waals surface area contributed by atoms with Crippen molar-refractivity contribution in [2.75, 3.05) is 27.2 Å². The molecule has 0 radical (unpaired) electrons. The third-order valence-corrected chi connectivity index (χ3v) is 2.36. The molecular weight excluding hydrogens is 208 g/mol. The van der Waals surface area contributed by atoms with Gasteiger partial charge in [-0.2, -0.15) is 0 Å². The van der Waals surface area contributed by atoms with Gasteiger partial charge >= 0.3 is 12.0 Å². The Balaban J connectivity index is 3.96. The van der Waals surface area contributed by atoms with E-state index in [1.165, 1.54) is 4.90 Å². The molecular formula is C11H22N2O3. The number of urea groups is 1. The summed E-state index contributed by atoms with van der Waals surface area (Å²) in [6.45, 7) is 5.16. The molecule has 0 aromatic rings. The van der Waals surface area contributed by atoms with Crippen LogP contribution in [0.5, 0.6) is 0 Å². The normalized spacial score (nSPS) is 10.3. The van der Waals surface area contributed by atoms with Gasteiger partial charge in [0.2, 0.25) is 0 Å². The van der Waals surface area contributed by atoms with E-state index >= 15 is 0 Å². The standard InChI is InChI=1S/C11H22N2O3/c1-9(2)5-7-12(3)11(16)13(4)8-6-10(14)15/h9H,5-8H2,1-4H3,(H,14,15). The van der Waals surface area contributed by atoms with Crippen LogP contribution in [0.3, 0.4) is 0 Å². The van der Waals surface area contributed by atoms with Crippen LogP contribution in [-0.4, -0.2) is 54.1 Å². The number of carbonyl (C=O) groups is 2. The maximum absolute atomic E-state index is 11.7. The number of hydrogen-bond acceptors (Lipinski definition) is 2. The summed E-state index contributed by atoms with van der Waals surface area (Å²) in [5, 5.41) is 8.51. The zero-order valence-corrected chi connectivity index (χ0v) is 10.6. The summed E-state index contributed by atoms with van der Waals surface area (Å²) in [6, 6.07) is -0.123. The van der Waals surface area contributed by atoms with Crippen LogP contribution >= 0.6 is 0 Å². The van der Waals surface area contributed by atoms with E-state index in [4.69, 9.17) is 5.11 Å². The summed E-state index contributed by atoms with van der Waals surface area (Å²) < 4.78 is 0. The van der Waals surface area contributed by atoms with Crippen LogP contribution in [0.2, 0.25) is 0 Å². The molecule has 0 unspecified atom stereocenters. The minimum Gasteiger partial charge on any atom is -0.481 e. The van der Waals surface area contributed by atoms with E-state index in [1.54, 1.807) is 19.0 Å². The molecule has 0 atom stereocenters. The van der Waals surface area contributed by atoms with Crippen LogP contribution in [-0.2, 0) is 4.79 Å². The molecule has 0 saturated heterocycles. The first-order valence-corrected chi connectivity index (χ1v) is 5.52. The zero-order valence-electron chi connectivity index (χ0n) is 10.6. The predicted molar refractivity (Wildman–Crippen MR) is 62.4 cm³/mol. The number of carboxylic acids is 1. The van der Waals surface area contributed by atoms with E-state index in [0.717, 1.165) is 6.42 Å². The lowest BCUT2D eigenvalue weighted by Crippen LogP contribution is -2.40. The molecule has 0 heterocycles. The Hall–Kier alpha value is -1.26. The zero-order chi connectivity index (χ0) is 12.7. The van der Waals surface area contributed by atoms with Gasteiger partial charge in [-0.05, 0) is 12.3 Å². The fourth-order valence-electron chi connectivity index (χ4n) is 1.20. The lowest BCUT2D eigenvalue weighted by molar-refractivity contribution is -0.137. The van der Waals surface area contributed by atoms with Crippen molar-refractivity contribution in [2.45, 2.75) is 26.7 Å². The van der Waals surface area contributed by atoms with Gasteiger partial charge in [-0.25, -0.2) is 4.79 Å². The molecule has 1 N–H and O–H groups in total. The molecule has 94 valence electrons. The smallest absolute Gasteiger partial charge is 0.319 e. The molecule has 0 spiro atoms. The van der Waals surface area contributed by atoms with Crippen LogP contribution in [0.4, 0.5) is 4.79 Å². The first-order valence-electron chi connectivity index (χ1n) is 5.52. The number of nitrogens with zero attached hydrogens (tertiary/aromatic N) is 2. The van der Waals surface area contributed by atoms with Gasteiger partial charge in [0.15, 0.2) is 0 Å². The van der Waals surface area contributed by atoms with Crippen molar-refractivity contribution in [3.8, 4) is 0 Å². The first kappa shape index (κ1) is 14.7. The number of hydrogen-bond donors (Lipinski definition) is 1. The van der Waals surface area contributed by atoms with Crippen LogP contribution < -0.4 is 0 Å². The Labute approximate surface area is 97.0 Å². The summed E-state index contributed by atoms with van der Waals surface area (Å²) in [7, 11) is 3.36. The number of carboxylic acid groups (broad SMARTS) is 1. The number of aliphatic carboxylic acids is 1. The average Bonchev–Trinajstić information content (AvgIpc) is 2.21. The predicted octanol–water partition coefficient (Wildman–Crippen LogP) is 1.49. The number of rotatable bonds is 6. The van der Waals surface area contributed by atoms with E-state index in [0.29, 0.717) is 12.5 Å². The molecule has 0 aromatic carbocycles. The van der Waals surface area contributed by atoms with Gasteiger partial charge in [-0.1, -0.05) is 13.8 Å². The van der Waals surface area contributed by atoms with Crippen LogP contribution in [0.25, 0.3) is 0 Å². The van der Waals surface area contributed by atoms with Gasteiger partial charge < -0.3 is 14.9 Å². The van der Waals surface area contributed by atoms with Crippen molar-refractivity contribution >= 4 is 12.0 Å². The second-order valence-corrected chi connectivity index (χ2v) is 4.45. The van der Waals surface area contributed by atoms with Crippen molar-refractivity contribution in [2.24, 2.45) is 5.92 Å². The molecule has 0 aliphatic rings. The van der Waals surface area contributed by atoms with Gasteiger partial charge in [0.25, 0.3) is 0 Å². The van der Waals surface area contributed by atoms with Crippen LogP contribution in [0.1, 0.15) is 26.7 Å². The van der Waals surface area contributed by atoms with Crippen molar-refractivity contribution in [1.82, 2.24) is 9.80 Å². The molecule has 0 aliphatic carbocycles. The molecule has 0 rings (SSSR count). The SMILES string of the molecule is CC(C)CCN(C)C(=O)N(C)CCC(=O)O. The first-order chi connectivity index (χ1) is 7.34. The van der Waals surface area contributed by atoms with Crippen molar-refractivity contribution in [3.05, 3.63) is 0 Å². The fourth-order valence-corrected chi connectivity index (χ4v) is 1.20. The minimum atomic E-state index is -0.885. The summed E-state index contributed by atoms with van der Waals surface area (Å²) in [4.78, 5) is 25.2. The van der Waals surface area contributed by atoms with E-state index in [-0.39, 0.29) is 19.0 Å². The van der Waals surface area contributed by atoms with E-state index in [9.17, 15) is 9.59 Å². The van der Waals surface area contributed by atoms with Crippen molar-refractivity contribution in [1.29, 1.82) is 0 Å². The van der Waals surface area contributed by atoms with Gasteiger partial charge in [0, 0.05) is 27.2 Å². The minimum absolute atomic E-state index is 0.0136. The Kier molecular flexibility index (Phi) is 6.53. The number of carbonyl (C=O) groups excluding carboxylic acids is 1. The quantitative estimate of drug-likeness (QED) is 0.752. The molecule has 0 aliphatic heterocycles. The largest absolute Gasteiger partial charge is 0.481 e. The third kappa shape index (κ3) is 6.27. The highest BCUT2D eigenvalue weighted by atomic mass is 16.4. The number of amides is 2. The second-order valence-electron chi connectivity index (χ2n) is 4.45. The maximum atomic E-state index is 11.7. The maximum Gasteiger partial charge on any atom is 0.319 e. The summed E-state index contributed by atoms with van der Waals surface area (Å²) in [5.74, 6) is -0.330. The Bertz CT molecular complexity index is 241. The van der Waals surface area contributed by atoms with Crippen LogP contribution in [0.15, 0.2) is 0 Å². The molecule has 0 saturated carbocycles. The van der Waals surface area contributed by atoms with Crippen molar-refractivity contribution < 1.29 is 14.7 Å². The van der Waals surface area contributed by atoms with Gasteiger partial charge in [-0.15, -0.1) is 0 Å². The van der Waals surface area contributed by atoms with Gasteiger partial charge in [0.05, 0.1) is 6.42 Å². The van der Waals surface area contributed by atoms with Crippen molar-refractivity contribution in [3.63, 3.8) is 0 Å². The molecule has 0 bridgehead atoms. The highest BCUT2D eigenvalue weighted by Gasteiger charge is 2.14. The van der Waals surface area contributed by atoms with Crippen LogP contribution in [0, 0.1) is 5.92 Å². The van der Waals surface area contributed by atoms with Gasteiger partial charge in [-0.3, -0.25) is 4.79 Å². The lowest BCUT2D eigenvalue weighted by atomic mass is 10.1. The molecule has 2 amide bonds. The highest BCUT2D eigenvalue weighted by Crippen LogP contribution is 2.03. The third-order valence-electron chi connectivity index (χ3n) is 2.36.